The van der Waals surface area contributed by atoms with E-state index in [0.717, 1.165) is 16.9 Å². The lowest BCUT2D eigenvalue weighted by Crippen LogP contribution is -2.47. The molecule has 36 heavy (non-hydrogen) atoms. The van der Waals surface area contributed by atoms with Gasteiger partial charge in [0.1, 0.15) is 0 Å². The van der Waals surface area contributed by atoms with Crippen LogP contribution in [-0.4, -0.2) is 29.9 Å². The Labute approximate surface area is 228 Å². The maximum Gasteiger partial charge on any atom is 0.272 e. The number of hydrazine groups is 1. The monoisotopic (exact) mass is 554 g/mol. The average molecular weight is 556 g/mol. The number of amides is 1. The second-order valence-electron chi connectivity index (χ2n) is 7.97. The van der Waals surface area contributed by atoms with Gasteiger partial charge in [0.05, 0.1) is 17.1 Å². The van der Waals surface area contributed by atoms with Crippen molar-refractivity contribution in [3.05, 3.63) is 98.9 Å². The van der Waals surface area contributed by atoms with Gasteiger partial charge in [0.25, 0.3) is 5.91 Å². The van der Waals surface area contributed by atoms with Gasteiger partial charge in [-0.1, -0.05) is 53.5 Å². The molecule has 0 saturated heterocycles. The second-order valence-corrected chi connectivity index (χ2v) is 9.90. The zero-order valence-electron chi connectivity index (χ0n) is 18.9. The summed E-state index contributed by atoms with van der Waals surface area (Å²) in [6.07, 6.45) is -0.984. The number of benzene rings is 3. The molecule has 1 atom stereocenters. The number of thiocarbonyl (C=S) groups is 1. The number of nitrogens with zero attached hydrogens (tertiary/aromatic N) is 2. The van der Waals surface area contributed by atoms with Crippen molar-refractivity contribution in [1.29, 1.82) is 0 Å². The minimum Gasteiger partial charge on any atom is -0.333 e. The van der Waals surface area contributed by atoms with Gasteiger partial charge in [-0.2, -0.15) is 4.83 Å². The zero-order valence-corrected chi connectivity index (χ0v) is 22.0. The van der Waals surface area contributed by atoms with Crippen LogP contribution in [0.3, 0.4) is 0 Å². The molecule has 0 bridgehead atoms. The van der Waals surface area contributed by atoms with E-state index in [0.29, 0.717) is 32.6 Å². The van der Waals surface area contributed by atoms with Gasteiger partial charge in [-0.05, 0) is 66.1 Å². The number of aliphatic imine (C=N–C) groups is 1. The molecule has 7 nitrogen and oxygen atoms in total. The normalized spacial score (nSPS) is 16.9. The summed E-state index contributed by atoms with van der Waals surface area (Å²) in [4.78, 5) is 22.7. The standard InChI is InChI=1S/C25H20Cl2N6OS2/c1-33-21-11-8-15(26)12-18(21)22(17-4-2-3-5-19(17)27)29-23(24(33)34)30-25(35)28-16-9-6-14(7-10-16)20-13-36-32-31-20/h2-13,23,31-32H,1H3,(H2,28,30,35). The summed E-state index contributed by atoms with van der Waals surface area (Å²) in [6, 6.07) is 20.4. The van der Waals surface area contributed by atoms with Crippen LogP contribution in [0.1, 0.15) is 16.7 Å². The molecule has 0 spiro atoms. The molecule has 0 fully saturated rings. The van der Waals surface area contributed by atoms with Crippen LogP contribution in [0.15, 0.2) is 77.1 Å². The SMILES string of the molecule is CN1C(=O)C(NC(=S)Nc2ccc(C3=CSNN3)cc2)N=C(c2ccccc2Cl)c2cc(Cl)ccc21. The molecule has 182 valence electrons. The quantitative estimate of drug-likeness (QED) is 0.261. The van der Waals surface area contributed by atoms with Gasteiger partial charge in [-0.25, -0.2) is 4.99 Å². The van der Waals surface area contributed by atoms with E-state index >= 15 is 0 Å². The van der Waals surface area contributed by atoms with Crippen molar-refractivity contribution < 1.29 is 4.79 Å². The Morgan fingerprint density at radius 2 is 1.86 bits per heavy atom. The van der Waals surface area contributed by atoms with Crippen LogP contribution in [0.25, 0.3) is 5.70 Å². The molecule has 3 aromatic carbocycles. The molecule has 3 aromatic rings. The molecule has 1 amide bonds. The summed E-state index contributed by atoms with van der Waals surface area (Å²) < 4.78 is 0. The molecule has 0 aromatic heterocycles. The Bertz CT molecular complexity index is 1410. The fraction of sp³-hybridized carbons (Fsp3) is 0.0800. The van der Waals surface area contributed by atoms with Crippen molar-refractivity contribution in [2.75, 3.05) is 17.3 Å². The van der Waals surface area contributed by atoms with Crippen molar-refractivity contribution in [2.24, 2.45) is 4.99 Å². The molecule has 11 heteroatoms. The summed E-state index contributed by atoms with van der Waals surface area (Å²) in [7, 11) is 1.70. The molecule has 4 N–H and O–H groups in total. The number of rotatable bonds is 4. The lowest BCUT2D eigenvalue weighted by Gasteiger charge is -2.22. The highest BCUT2D eigenvalue weighted by Gasteiger charge is 2.31. The molecule has 0 aliphatic carbocycles. The molecular weight excluding hydrogens is 535 g/mol. The number of hydrogen-bond acceptors (Lipinski definition) is 6. The van der Waals surface area contributed by atoms with Crippen LogP contribution in [0.4, 0.5) is 11.4 Å². The molecule has 5 rings (SSSR count). The van der Waals surface area contributed by atoms with Gasteiger partial charge in [-0.3, -0.25) is 4.79 Å². The first-order valence-corrected chi connectivity index (χ1v) is 12.9. The number of anilines is 2. The first kappa shape index (κ1) is 24.6. The van der Waals surface area contributed by atoms with Crippen molar-refractivity contribution in [2.45, 2.75) is 6.17 Å². The Kier molecular flexibility index (Phi) is 7.17. The minimum absolute atomic E-state index is 0.260. The van der Waals surface area contributed by atoms with Crippen molar-refractivity contribution in [1.82, 2.24) is 15.6 Å². The van der Waals surface area contributed by atoms with Crippen LogP contribution >= 0.6 is 47.4 Å². The zero-order chi connectivity index (χ0) is 25.2. The Morgan fingerprint density at radius 3 is 2.58 bits per heavy atom. The maximum absolute atomic E-state index is 13.4. The lowest BCUT2D eigenvalue weighted by molar-refractivity contribution is -0.119. The third-order valence-corrected chi connectivity index (χ3v) is 7.03. The van der Waals surface area contributed by atoms with Crippen LogP contribution in [0.2, 0.25) is 10.0 Å². The van der Waals surface area contributed by atoms with Crippen molar-refractivity contribution in [3.8, 4) is 0 Å². The summed E-state index contributed by atoms with van der Waals surface area (Å²) in [5.74, 6) is -0.274. The maximum atomic E-state index is 13.4. The van der Waals surface area contributed by atoms with E-state index in [1.54, 1.807) is 36.2 Å². The van der Waals surface area contributed by atoms with E-state index in [9.17, 15) is 4.79 Å². The molecule has 2 aliphatic rings. The topological polar surface area (TPSA) is 80.8 Å². The smallest absolute Gasteiger partial charge is 0.272 e. The summed E-state index contributed by atoms with van der Waals surface area (Å²) in [6.45, 7) is 0. The molecular formula is C25H20Cl2N6OS2. The number of benzodiazepines with no additional fused rings is 1. The van der Waals surface area contributed by atoms with Gasteiger partial charge in [0.15, 0.2) is 5.11 Å². The highest BCUT2D eigenvalue weighted by molar-refractivity contribution is 8.00. The van der Waals surface area contributed by atoms with E-state index < -0.39 is 6.17 Å². The highest BCUT2D eigenvalue weighted by atomic mass is 35.5. The average Bonchev–Trinajstić information content (AvgIpc) is 3.39. The number of likely N-dealkylation sites (N-methyl/N-ethyl adjacent to an activating group) is 1. The molecule has 0 saturated carbocycles. The number of halogens is 2. The van der Waals surface area contributed by atoms with Crippen molar-refractivity contribution >= 4 is 81.2 Å². The number of carbonyl (C=O) groups excluding carboxylic acids is 1. The van der Waals surface area contributed by atoms with Gasteiger partial charge < -0.3 is 21.0 Å². The van der Waals surface area contributed by atoms with E-state index in [1.807, 2.05) is 47.9 Å². The molecule has 1 unspecified atom stereocenters. The Morgan fingerprint density at radius 1 is 1.08 bits per heavy atom. The third-order valence-electron chi connectivity index (χ3n) is 5.67. The predicted molar refractivity (Wildman–Crippen MR) is 153 cm³/mol. The number of hydrogen-bond donors (Lipinski definition) is 4. The van der Waals surface area contributed by atoms with E-state index in [1.165, 1.54) is 11.9 Å². The Balaban J connectivity index is 1.43. The highest BCUT2D eigenvalue weighted by Crippen LogP contribution is 2.32. The summed E-state index contributed by atoms with van der Waals surface area (Å²) in [5.41, 5.74) is 8.47. The van der Waals surface area contributed by atoms with Crippen LogP contribution in [-0.2, 0) is 4.79 Å². The van der Waals surface area contributed by atoms with E-state index in [4.69, 9.17) is 40.4 Å². The largest absolute Gasteiger partial charge is 0.333 e. The summed E-state index contributed by atoms with van der Waals surface area (Å²) in [5, 5.41) is 9.48. The second kappa shape index (κ2) is 10.5. The predicted octanol–water partition coefficient (Wildman–Crippen LogP) is 5.17. The summed E-state index contributed by atoms with van der Waals surface area (Å²) >= 11 is 19.9. The molecule has 2 aliphatic heterocycles. The first-order valence-electron chi connectivity index (χ1n) is 10.9. The van der Waals surface area contributed by atoms with Crippen LogP contribution < -0.4 is 25.8 Å². The fourth-order valence-electron chi connectivity index (χ4n) is 3.88. The lowest BCUT2D eigenvalue weighted by atomic mass is 10.00. The molecule has 0 radical (unpaired) electrons. The van der Waals surface area contributed by atoms with Crippen LogP contribution in [0, 0.1) is 0 Å². The number of carbonyl (C=O) groups is 1. The Hall–Kier alpha value is -3.08. The van der Waals surface area contributed by atoms with Gasteiger partial charge >= 0.3 is 0 Å². The van der Waals surface area contributed by atoms with Gasteiger partial charge in [0, 0.05) is 39.3 Å². The van der Waals surface area contributed by atoms with Gasteiger partial charge in [-0.15, -0.1) is 0 Å². The van der Waals surface area contributed by atoms with Crippen LogP contribution in [0.5, 0.6) is 0 Å². The molecule has 2 heterocycles. The van der Waals surface area contributed by atoms with E-state index in [-0.39, 0.29) is 11.0 Å². The van der Waals surface area contributed by atoms with E-state index in [2.05, 4.69) is 20.9 Å². The minimum atomic E-state index is -0.984. The number of fused-ring (bicyclic) bond motifs is 1. The number of nitrogens with one attached hydrogen (secondary N) is 4. The van der Waals surface area contributed by atoms with Crippen molar-refractivity contribution in [3.63, 3.8) is 0 Å². The third kappa shape index (κ3) is 5.07. The van der Waals surface area contributed by atoms with Gasteiger partial charge in [0.2, 0.25) is 6.17 Å². The fourth-order valence-corrected chi connectivity index (χ4v) is 5.04. The first-order chi connectivity index (χ1) is 17.4.